The Labute approximate surface area is 121 Å². The van der Waals surface area contributed by atoms with Crippen molar-refractivity contribution in [2.45, 2.75) is 50.5 Å². The molecule has 0 aliphatic heterocycles. The van der Waals surface area contributed by atoms with Gasteiger partial charge in [-0.2, -0.15) is 0 Å². The second kappa shape index (κ2) is 4.49. The molecule has 4 fully saturated rings. The molecule has 108 valence electrons. The van der Waals surface area contributed by atoms with Crippen molar-refractivity contribution in [1.82, 2.24) is 0 Å². The Hall–Kier alpha value is -1.02. The first-order valence-corrected chi connectivity index (χ1v) is 8.10. The smallest absolute Gasteiger partial charge is 0.122 e. The van der Waals surface area contributed by atoms with Gasteiger partial charge in [0, 0.05) is 12.1 Å². The van der Waals surface area contributed by atoms with Crippen molar-refractivity contribution in [3.63, 3.8) is 0 Å². The molecule has 0 unspecified atom stereocenters. The van der Waals surface area contributed by atoms with E-state index >= 15 is 0 Å². The molecular weight excluding hydrogens is 246 g/mol. The van der Waals surface area contributed by atoms with Crippen molar-refractivity contribution < 1.29 is 4.74 Å². The molecular formula is C18H25NO. The fourth-order valence-corrected chi connectivity index (χ4v) is 5.74. The van der Waals surface area contributed by atoms with E-state index in [9.17, 15) is 0 Å². The first-order chi connectivity index (χ1) is 9.72. The average molecular weight is 271 g/mol. The van der Waals surface area contributed by atoms with E-state index in [1.807, 2.05) is 7.11 Å². The first kappa shape index (κ1) is 12.7. The van der Waals surface area contributed by atoms with Gasteiger partial charge < -0.3 is 10.5 Å². The van der Waals surface area contributed by atoms with Crippen LogP contribution in [0, 0.1) is 17.8 Å². The number of ether oxygens (including phenoxy) is 1. The highest BCUT2D eigenvalue weighted by Gasteiger charge is 2.52. The summed E-state index contributed by atoms with van der Waals surface area (Å²) in [5.74, 6) is 3.98. The largest absolute Gasteiger partial charge is 0.496 e. The van der Waals surface area contributed by atoms with Crippen molar-refractivity contribution in [3.05, 3.63) is 29.3 Å². The monoisotopic (exact) mass is 271 g/mol. The van der Waals surface area contributed by atoms with Gasteiger partial charge in [0.1, 0.15) is 5.75 Å². The van der Waals surface area contributed by atoms with Crippen molar-refractivity contribution in [2.75, 3.05) is 7.11 Å². The molecule has 0 aromatic heterocycles. The third-order valence-corrected chi connectivity index (χ3v) is 6.11. The predicted octanol–water partition coefficient (Wildman–Crippen LogP) is 3.62. The molecule has 2 N–H and O–H groups in total. The third-order valence-electron chi connectivity index (χ3n) is 6.11. The van der Waals surface area contributed by atoms with Crippen LogP contribution in [0.5, 0.6) is 5.75 Å². The van der Waals surface area contributed by atoms with Gasteiger partial charge in [-0.3, -0.25) is 0 Å². The molecule has 0 spiro atoms. The summed E-state index contributed by atoms with van der Waals surface area (Å²) in [6, 6.07) is 6.59. The summed E-state index contributed by atoms with van der Waals surface area (Å²) in [4.78, 5) is 0. The predicted molar refractivity (Wildman–Crippen MR) is 80.7 cm³/mol. The van der Waals surface area contributed by atoms with Crippen LogP contribution in [0.2, 0.25) is 0 Å². The lowest BCUT2D eigenvalue weighted by molar-refractivity contribution is -0.00618. The van der Waals surface area contributed by atoms with Crippen LogP contribution in [-0.2, 0) is 12.0 Å². The maximum Gasteiger partial charge on any atom is 0.122 e. The van der Waals surface area contributed by atoms with Crippen molar-refractivity contribution in [2.24, 2.45) is 23.5 Å². The summed E-state index contributed by atoms with van der Waals surface area (Å²) in [5.41, 5.74) is 8.96. The molecule has 0 heterocycles. The molecule has 4 bridgehead atoms. The summed E-state index contributed by atoms with van der Waals surface area (Å²) in [7, 11) is 1.81. The normalized spacial score (nSPS) is 38.2. The lowest BCUT2D eigenvalue weighted by Gasteiger charge is -2.57. The van der Waals surface area contributed by atoms with Gasteiger partial charge in [-0.1, -0.05) is 12.1 Å². The van der Waals surface area contributed by atoms with Gasteiger partial charge in [0.05, 0.1) is 7.11 Å². The molecule has 1 aromatic carbocycles. The molecule has 1 aromatic rings. The van der Waals surface area contributed by atoms with Crippen molar-refractivity contribution in [1.29, 1.82) is 0 Å². The van der Waals surface area contributed by atoms with E-state index in [2.05, 4.69) is 18.2 Å². The van der Waals surface area contributed by atoms with E-state index in [0.717, 1.165) is 23.5 Å². The summed E-state index contributed by atoms with van der Waals surface area (Å²) in [6.45, 7) is 0.628. The zero-order valence-corrected chi connectivity index (χ0v) is 12.4. The minimum atomic E-state index is 0.394. The van der Waals surface area contributed by atoms with E-state index in [-0.39, 0.29) is 0 Å². The van der Waals surface area contributed by atoms with Gasteiger partial charge in [-0.05, 0) is 73.3 Å². The van der Waals surface area contributed by atoms with Crippen LogP contribution < -0.4 is 10.5 Å². The van der Waals surface area contributed by atoms with Gasteiger partial charge in [-0.15, -0.1) is 0 Å². The lowest BCUT2D eigenvalue weighted by Crippen LogP contribution is -2.48. The highest BCUT2D eigenvalue weighted by Crippen LogP contribution is 2.61. The van der Waals surface area contributed by atoms with Gasteiger partial charge in [0.2, 0.25) is 0 Å². The zero-order chi connectivity index (χ0) is 13.7. The number of methoxy groups -OCH3 is 1. The second-order valence-corrected chi connectivity index (χ2v) is 7.44. The molecule has 4 aliphatic rings. The number of hydrogen-bond acceptors (Lipinski definition) is 2. The van der Waals surface area contributed by atoms with Crippen LogP contribution in [0.3, 0.4) is 0 Å². The van der Waals surface area contributed by atoms with E-state index < -0.39 is 0 Å². The Bertz CT molecular complexity index is 487. The maximum atomic E-state index is 5.86. The Morgan fingerprint density at radius 3 is 2.20 bits per heavy atom. The zero-order valence-electron chi connectivity index (χ0n) is 12.4. The van der Waals surface area contributed by atoms with Crippen molar-refractivity contribution >= 4 is 0 Å². The van der Waals surface area contributed by atoms with E-state index in [1.165, 1.54) is 49.7 Å². The quantitative estimate of drug-likeness (QED) is 0.911. The van der Waals surface area contributed by atoms with Crippen LogP contribution in [0.15, 0.2) is 18.2 Å². The average Bonchev–Trinajstić information content (AvgIpc) is 2.45. The SMILES string of the molecule is COc1ccc(CN)cc1C12CC3CC(CC(C3)C1)C2. The molecule has 20 heavy (non-hydrogen) atoms. The molecule has 0 atom stereocenters. The number of benzene rings is 1. The highest BCUT2D eigenvalue weighted by atomic mass is 16.5. The van der Waals surface area contributed by atoms with Crippen molar-refractivity contribution in [3.8, 4) is 5.75 Å². The standard InChI is InChI=1S/C18H25NO/c1-20-17-3-2-12(11-19)7-16(17)18-8-13-4-14(9-18)6-15(5-13)10-18/h2-3,7,13-15H,4-6,8-11,19H2,1H3. The highest BCUT2D eigenvalue weighted by molar-refractivity contribution is 5.44. The summed E-state index contributed by atoms with van der Waals surface area (Å²) in [5, 5.41) is 0. The van der Waals surface area contributed by atoms with Gasteiger partial charge >= 0.3 is 0 Å². The molecule has 2 heteroatoms. The Kier molecular flexibility index (Phi) is 2.85. The van der Waals surface area contributed by atoms with Gasteiger partial charge in [0.15, 0.2) is 0 Å². The Morgan fingerprint density at radius 1 is 1.10 bits per heavy atom. The molecule has 2 nitrogen and oxygen atoms in total. The molecule has 0 radical (unpaired) electrons. The van der Waals surface area contributed by atoms with E-state index in [0.29, 0.717) is 12.0 Å². The summed E-state index contributed by atoms with van der Waals surface area (Å²) >= 11 is 0. The molecule has 4 aliphatic carbocycles. The lowest BCUT2D eigenvalue weighted by atomic mass is 9.48. The minimum absolute atomic E-state index is 0.394. The fraction of sp³-hybridized carbons (Fsp3) is 0.667. The fourth-order valence-electron chi connectivity index (χ4n) is 5.74. The first-order valence-electron chi connectivity index (χ1n) is 8.10. The van der Waals surface area contributed by atoms with Crippen LogP contribution in [0.25, 0.3) is 0 Å². The minimum Gasteiger partial charge on any atom is -0.496 e. The summed E-state index contributed by atoms with van der Waals surface area (Å²) < 4.78 is 5.69. The van der Waals surface area contributed by atoms with Crippen LogP contribution in [0.1, 0.15) is 49.7 Å². The number of hydrogen-bond donors (Lipinski definition) is 1. The Morgan fingerprint density at radius 2 is 1.70 bits per heavy atom. The third kappa shape index (κ3) is 1.81. The van der Waals surface area contributed by atoms with Crippen LogP contribution >= 0.6 is 0 Å². The Balaban J connectivity index is 1.79. The molecule has 0 saturated heterocycles. The maximum absolute atomic E-state index is 5.86. The van der Waals surface area contributed by atoms with E-state index in [4.69, 9.17) is 10.5 Å². The number of nitrogens with two attached hydrogens (primary N) is 1. The molecule has 4 saturated carbocycles. The topological polar surface area (TPSA) is 35.2 Å². The second-order valence-electron chi connectivity index (χ2n) is 7.44. The van der Waals surface area contributed by atoms with Gasteiger partial charge in [-0.25, -0.2) is 0 Å². The van der Waals surface area contributed by atoms with Crippen LogP contribution in [0.4, 0.5) is 0 Å². The molecule has 5 rings (SSSR count). The van der Waals surface area contributed by atoms with Gasteiger partial charge in [0.25, 0.3) is 0 Å². The number of rotatable bonds is 3. The summed E-state index contributed by atoms with van der Waals surface area (Å²) in [6.07, 6.45) is 8.59. The van der Waals surface area contributed by atoms with E-state index in [1.54, 1.807) is 0 Å². The van der Waals surface area contributed by atoms with Crippen LogP contribution in [-0.4, -0.2) is 7.11 Å². The molecule has 0 amide bonds.